The summed E-state index contributed by atoms with van der Waals surface area (Å²) in [5.74, 6) is 0.443. The van der Waals surface area contributed by atoms with E-state index >= 15 is 0 Å². The van der Waals surface area contributed by atoms with Crippen LogP contribution in [0.4, 0.5) is 0 Å². The minimum absolute atomic E-state index is 0.443. The molecule has 62 valence electrons. The Morgan fingerprint density at radius 3 is 2.79 bits per heavy atom. The van der Waals surface area contributed by atoms with Gasteiger partial charge in [0.2, 0.25) is 0 Å². The molecule has 6 radical (unpaired) electrons. The van der Waals surface area contributed by atoms with Crippen LogP contribution in [0.1, 0.15) is 0 Å². The van der Waals surface area contributed by atoms with Gasteiger partial charge in [-0.3, -0.25) is 0 Å². The number of nitrogens with zero attached hydrogens (tertiary/aromatic N) is 1. The molecule has 2 aromatic rings. The van der Waals surface area contributed by atoms with E-state index < -0.39 is 5.30 Å². The molecule has 0 spiro atoms. The van der Waals surface area contributed by atoms with Gasteiger partial charge in [0.15, 0.2) is 12.0 Å². The third kappa shape index (κ3) is 1.95. The number of hydrogen-bond acceptors (Lipinski definition) is 3. The molecule has 0 saturated carbocycles. The van der Waals surface area contributed by atoms with E-state index in [0.29, 0.717) is 16.8 Å². The van der Waals surface area contributed by atoms with E-state index in [0.717, 1.165) is 0 Å². The number of benzene rings is 1. The lowest BCUT2D eigenvalue weighted by Gasteiger charge is -2.22. The SMILES string of the molecule is [B]C([B])([B])Oc1ccc2ocnc2c1. The first kappa shape index (κ1) is 9.25. The lowest BCUT2D eigenvalue weighted by molar-refractivity contribution is 0.319. The van der Waals surface area contributed by atoms with Gasteiger partial charge in [-0.05, 0) is 17.4 Å². The molecule has 0 saturated heterocycles. The quantitative estimate of drug-likeness (QED) is 0.622. The van der Waals surface area contributed by atoms with Crippen LogP contribution in [0.3, 0.4) is 0 Å². The number of hydrogen-bond donors (Lipinski definition) is 0. The first-order valence-electron chi connectivity index (χ1n) is 3.93. The zero-order valence-corrected chi connectivity index (χ0v) is 7.31. The van der Waals surface area contributed by atoms with Gasteiger partial charge in [-0.1, -0.05) is 0 Å². The predicted octanol–water partition coefficient (Wildman–Crippen LogP) is 0.323. The molecule has 0 aliphatic rings. The van der Waals surface area contributed by atoms with Gasteiger partial charge in [-0.2, -0.15) is 0 Å². The molecule has 6 heteroatoms. The van der Waals surface area contributed by atoms with Crippen LogP contribution in [-0.2, 0) is 0 Å². The summed E-state index contributed by atoms with van der Waals surface area (Å²) in [5.41, 5.74) is 1.32. The molecule has 1 aromatic heterocycles. The molecule has 0 atom stereocenters. The van der Waals surface area contributed by atoms with E-state index in [4.69, 9.17) is 32.7 Å². The maximum absolute atomic E-state index is 5.28. The van der Waals surface area contributed by atoms with Gasteiger partial charge >= 0.3 is 0 Å². The largest absolute Gasteiger partial charge is 0.516 e. The average Bonchev–Trinajstić information content (AvgIpc) is 2.47. The van der Waals surface area contributed by atoms with Crippen molar-refractivity contribution in [1.29, 1.82) is 0 Å². The Hall–Kier alpha value is -1.32. The highest BCUT2D eigenvalue weighted by Gasteiger charge is 2.11. The van der Waals surface area contributed by atoms with Crippen molar-refractivity contribution >= 4 is 34.6 Å². The minimum Gasteiger partial charge on any atom is -0.516 e. The molecule has 0 amide bonds. The van der Waals surface area contributed by atoms with Gasteiger partial charge in [-0.15, -0.1) is 0 Å². The molecular formula is C8H4B3NO2. The fourth-order valence-corrected chi connectivity index (χ4v) is 1.11. The molecule has 0 aliphatic heterocycles. The highest BCUT2D eigenvalue weighted by Crippen LogP contribution is 2.20. The number of ether oxygens (including phenoxy) is 1. The molecule has 0 fully saturated rings. The second-order valence-electron chi connectivity index (χ2n) is 2.94. The van der Waals surface area contributed by atoms with Crippen molar-refractivity contribution < 1.29 is 9.15 Å². The lowest BCUT2D eigenvalue weighted by atomic mass is 9.52. The highest BCUT2D eigenvalue weighted by molar-refractivity contribution is 6.58. The van der Waals surface area contributed by atoms with E-state index in [2.05, 4.69) is 4.98 Å². The summed E-state index contributed by atoms with van der Waals surface area (Å²) in [5, 5.41) is -1.68. The van der Waals surface area contributed by atoms with Crippen LogP contribution in [0.5, 0.6) is 5.75 Å². The van der Waals surface area contributed by atoms with E-state index in [1.165, 1.54) is 6.39 Å². The summed E-state index contributed by atoms with van der Waals surface area (Å²) < 4.78 is 10.1. The second kappa shape index (κ2) is 3.12. The van der Waals surface area contributed by atoms with Crippen molar-refractivity contribution in [3.8, 4) is 5.75 Å². The molecule has 2 rings (SSSR count). The van der Waals surface area contributed by atoms with Crippen LogP contribution < -0.4 is 4.74 Å². The summed E-state index contributed by atoms with van der Waals surface area (Å²) >= 11 is 0. The average molecular weight is 179 g/mol. The summed E-state index contributed by atoms with van der Waals surface area (Å²) in [7, 11) is 15.8. The van der Waals surface area contributed by atoms with Gasteiger partial charge < -0.3 is 9.15 Å². The molecule has 0 aliphatic carbocycles. The first-order valence-corrected chi connectivity index (χ1v) is 3.93. The van der Waals surface area contributed by atoms with Crippen molar-refractivity contribution in [3.05, 3.63) is 24.6 Å². The fraction of sp³-hybridized carbons (Fsp3) is 0.125. The standard InChI is InChI=1S/C8H4B3NO2/c9-8(10,11)14-5-1-2-7-6(3-5)12-4-13-7/h1-4H. The van der Waals surface area contributed by atoms with Crippen LogP contribution in [0, 0.1) is 0 Å². The Balaban J connectivity index is 2.35. The third-order valence-electron chi connectivity index (χ3n) is 1.60. The summed E-state index contributed by atoms with van der Waals surface area (Å²) in [6, 6.07) is 4.98. The minimum atomic E-state index is -1.68. The van der Waals surface area contributed by atoms with Gasteiger partial charge in [-0.25, -0.2) is 4.98 Å². The Morgan fingerprint density at radius 1 is 1.29 bits per heavy atom. The van der Waals surface area contributed by atoms with Gasteiger partial charge in [0.25, 0.3) is 0 Å². The molecule has 0 unspecified atom stereocenters. The lowest BCUT2D eigenvalue weighted by Crippen LogP contribution is -2.37. The number of rotatable bonds is 2. The highest BCUT2D eigenvalue weighted by atomic mass is 16.5. The Labute approximate surface area is 85.1 Å². The van der Waals surface area contributed by atoms with E-state index in [1.54, 1.807) is 18.2 Å². The molecule has 1 aromatic carbocycles. The number of fused-ring (bicyclic) bond motifs is 1. The van der Waals surface area contributed by atoms with Crippen molar-refractivity contribution in [2.45, 2.75) is 5.30 Å². The van der Waals surface area contributed by atoms with E-state index in [1.807, 2.05) is 0 Å². The molecule has 0 bridgehead atoms. The molecule has 3 nitrogen and oxygen atoms in total. The topological polar surface area (TPSA) is 35.3 Å². The van der Waals surface area contributed by atoms with E-state index in [9.17, 15) is 0 Å². The zero-order valence-electron chi connectivity index (χ0n) is 7.31. The van der Waals surface area contributed by atoms with Crippen LogP contribution in [0.15, 0.2) is 29.0 Å². The number of oxazole rings is 1. The monoisotopic (exact) mass is 179 g/mol. The van der Waals surface area contributed by atoms with Crippen molar-refractivity contribution in [2.24, 2.45) is 0 Å². The normalized spacial score (nSPS) is 11.7. The van der Waals surface area contributed by atoms with Crippen molar-refractivity contribution in [3.63, 3.8) is 0 Å². The molecule has 0 N–H and O–H groups in total. The smallest absolute Gasteiger partial charge is 0.181 e. The molecule has 1 heterocycles. The van der Waals surface area contributed by atoms with Crippen LogP contribution in [0.25, 0.3) is 11.1 Å². The van der Waals surface area contributed by atoms with Crippen LogP contribution in [0.2, 0.25) is 0 Å². The number of aromatic nitrogens is 1. The molecule has 14 heavy (non-hydrogen) atoms. The Morgan fingerprint density at radius 2 is 2.07 bits per heavy atom. The van der Waals surface area contributed by atoms with Crippen LogP contribution in [-0.4, -0.2) is 33.8 Å². The van der Waals surface area contributed by atoms with Gasteiger partial charge in [0.1, 0.15) is 34.8 Å². The third-order valence-corrected chi connectivity index (χ3v) is 1.60. The van der Waals surface area contributed by atoms with Crippen LogP contribution >= 0.6 is 0 Å². The maximum atomic E-state index is 5.28. The van der Waals surface area contributed by atoms with E-state index in [-0.39, 0.29) is 0 Å². The van der Waals surface area contributed by atoms with Gasteiger partial charge in [0.05, 0.1) is 0 Å². The summed E-state index contributed by atoms with van der Waals surface area (Å²) in [4.78, 5) is 3.94. The predicted molar refractivity (Wildman–Crippen MR) is 54.6 cm³/mol. The second-order valence-corrected chi connectivity index (χ2v) is 2.94. The zero-order chi connectivity index (χ0) is 10.2. The van der Waals surface area contributed by atoms with Crippen molar-refractivity contribution in [1.82, 2.24) is 4.98 Å². The fourth-order valence-electron chi connectivity index (χ4n) is 1.11. The first-order chi connectivity index (χ1) is 6.54. The maximum Gasteiger partial charge on any atom is 0.181 e. The van der Waals surface area contributed by atoms with Gasteiger partial charge in [0, 0.05) is 6.07 Å². The Bertz CT molecular complexity index is 449. The summed E-state index contributed by atoms with van der Waals surface area (Å²) in [6.45, 7) is 0. The summed E-state index contributed by atoms with van der Waals surface area (Å²) in [6.07, 6.45) is 1.34. The van der Waals surface area contributed by atoms with Crippen molar-refractivity contribution in [2.75, 3.05) is 0 Å². The Kier molecular flexibility index (Phi) is 2.06. The molecular weight excluding hydrogens is 175 g/mol.